The van der Waals surface area contributed by atoms with Crippen molar-refractivity contribution in [3.8, 4) is 0 Å². The Morgan fingerprint density at radius 3 is 3.17 bits per heavy atom. The number of oxazole rings is 1. The number of hydrogen-bond acceptors (Lipinski definition) is 4. The molecule has 1 saturated carbocycles. The van der Waals surface area contributed by atoms with Crippen LogP contribution in [0.5, 0.6) is 0 Å². The fourth-order valence-electron chi connectivity index (χ4n) is 2.34. The molecular formula is C13H14N2O3. The largest absolute Gasteiger partial charge is 0.481 e. The molecule has 1 aromatic carbocycles. The van der Waals surface area contributed by atoms with Gasteiger partial charge in [-0.2, -0.15) is 0 Å². The molecule has 2 aromatic rings. The normalized spacial score (nSPS) is 22.6. The Balaban J connectivity index is 1.70. The van der Waals surface area contributed by atoms with Gasteiger partial charge in [0.25, 0.3) is 0 Å². The van der Waals surface area contributed by atoms with Gasteiger partial charge in [0.15, 0.2) is 12.0 Å². The maximum Gasteiger partial charge on any atom is 0.308 e. The monoisotopic (exact) mass is 246 g/mol. The average Bonchev–Trinajstić information content (AvgIpc) is 3.02. The minimum atomic E-state index is -0.697. The van der Waals surface area contributed by atoms with Crippen molar-refractivity contribution in [1.82, 2.24) is 9.88 Å². The third-order valence-electron chi connectivity index (χ3n) is 3.47. The number of fused-ring (bicyclic) bond motifs is 1. The molecule has 2 unspecified atom stereocenters. The van der Waals surface area contributed by atoms with Gasteiger partial charge >= 0.3 is 5.97 Å². The quantitative estimate of drug-likeness (QED) is 0.889. The van der Waals surface area contributed by atoms with Crippen molar-refractivity contribution in [2.75, 3.05) is 7.05 Å². The van der Waals surface area contributed by atoms with Crippen LogP contribution in [0, 0.1) is 5.92 Å². The van der Waals surface area contributed by atoms with Gasteiger partial charge in [0.1, 0.15) is 5.52 Å². The first-order chi connectivity index (χ1) is 8.65. The maximum absolute atomic E-state index is 10.8. The van der Waals surface area contributed by atoms with Gasteiger partial charge in [-0.1, -0.05) is 6.07 Å². The lowest BCUT2D eigenvalue weighted by molar-refractivity contribution is -0.138. The minimum Gasteiger partial charge on any atom is -0.481 e. The lowest BCUT2D eigenvalue weighted by Gasteiger charge is -2.16. The number of rotatable bonds is 4. The van der Waals surface area contributed by atoms with Crippen LogP contribution in [0.4, 0.5) is 0 Å². The summed E-state index contributed by atoms with van der Waals surface area (Å²) in [6.07, 6.45) is 2.18. The highest BCUT2D eigenvalue weighted by Gasteiger charge is 2.45. The van der Waals surface area contributed by atoms with Crippen LogP contribution in [-0.2, 0) is 11.3 Å². The Kier molecular flexibility index (Phi) is 2.56. The predicted octanol–water partition coefficient (Wildman–Crippen LogP) is 1.73. The fraction of sp³-hybridized carbons (Fsp3) is 0.385. The van der Waals surface area contributed by atoms with Crippen molar-refractivity contribution in [2.45, 2.75) is 19.0 Å². The first-order valence-corrected chi connectivity index (χ1v) is 5.90. The highest BCUT2D eigenvalue weighted by atomic mass is 16.4. The van der Waals surface area contributed by atoms with E-state index in [1.807, 2.05) is 25.2 Å². The molecule has 5 heteroatoms. The average molecular weight is 246 g/mol. The summed E-state index contributed by atoms with van der Waals surface area (Å²) in [7, 11) is 1.96. The Hall–Kier alpha value is -1.88. The Morgan fingerprint density at radius 2 is 2.44 bits per heavy atom. The van der Waals surface area contributed by atoms with E-state index in [1.165, 1.54) is 6.39 Å². The zero-order valence-corrected chi connectivity index (χ0v) is 10.0. The van der Waals surface area contributed by atoms with Crippen molar-refractivity contribution in [1.29, 1.82) is 0 Å². The number of nitrogens with zero attached hydrogens (tertiary/aromatic N) is 2. The summed E-state index contributed by atoms with van der Waals surface area (Å²) in [5.41, 5.74) is 2.72. The van der Waals surface area contributed by atoms with Gasteiger partial charge in [-0.25, -0.2) is 4.98 Å². The molecular weight excluding hydrogens is 232 g/mol. The standard InChI is InChI=1S/C13H14N2O3/c1-15(11-5-9(11)13(16)17)6-8-2-3-10-12(4-8)18-7-14-10/h2-4,7,9,11H,5-6H2,1H3,(H,16,17). The molecule has 1 aliphatic rings. The van der Waals surface area contributed by atoms with Gasteiger partial charge in [0, 0.05) is 12.6 Å². The molecule has 2 atom stereocenters. The first kappa shape index (κ1) is 11.2. The second-order valence-corrected chi connectivity index (χ2v) is 4.82. The van der Waals surface area contributed by atoms with Crippen molar-refractivity contribution in [2.24, 2.45) is 5.92 Å². The molecule has 18 heavy (non-hydrogen) atoms. The molecule has 94 valence electrons. The summed E-state index contributed by atoms with van der Waals surface area (Å²) in [4.78, 5) is 17.0. The third kappa shape index (κ3) is 1.97. The number of hydrogen-bond donors (Lipinski definition) is 1. The van der Waals surface area contributed by atoms with Gasteiger partial charge in [-0.3, -0.25) is 9.69 Å². The highest BCUT2D eigenvalue weighted by Crippen LogP contribution is 2.35. The third-order valence-corrected chi connectivity index (χ3v) is 3.47. The molecule has 1 heterocycles. The molecule has 0 aliphatic heterocycles. The Morgan fingerprint density at radius 1 is 1.61 bits per heavy atom. The van der Waals surface area contributed by atoms with Gasteiger partial charge < -0.3 is 9.52 Å². The summed E-state index contributed by atoms with van der Waals surface area (Å²) in [5.74, 6) is -0.901. The smallest absolute Gasteiger partial charge is 0.308 e. The van der Waals surface area contributed by atoms with E-state index >= 15 is 0 Å². The van der Waals surface area contributed by atoms with Crippen LogP contribution >= 0.6 is 0 Å². The lowest BCUT2D eigenvalue weighted by Crippen LogP contribution is -2.23. The molecule has 0 saturated heterocycles. The molecule has 5 nitrogen and oxygen atoms in total. The number of aliphatic carboxylic acids is 1. The number of aromatic nitrogens is 1. The van der Waals surface area contributed by atoms with Crippen molar-refractivity contribution in [3.05, 3.63) is 30.2 Å². The van der Waals surface area contributed by atoms with E-state index in [2.05, 4.69) is 9.88 Å². The second-order valence-electron chi connectivity index (χ2n) is 4.82. The minimum absolute atomic E-state index is 0.160. The molecule has 1 aliphatic carbocycles. The van der Waals surface area contributed by atoms with Crippen LogP contribution in [0.1, 0.15) is 12.0 Å². The Bertz CT molecular complexity index is 593. The summed E-state index contributed by atoms with van der Waals surface area (Å²) in [6.45, 7) is 0.727. The van der Waals surface area contributed by atoms with E-state index in [9.17, 15) is 4.79 Å². The first-order valence-electron chi connectivity index (χ1n) is 5.90. The van der Waals surface area contributed by atoms with E-state index in [-0.39, 0.29) is 12.0 Å². The van der Waals surface area contributed by atoms with E-state index in [4.69, 9.17) is 9.52 Å². The molecule has 0 bridgehead atoms. The van der Waals surface area contributed by atoms with Gasteiger partial charge in [-0.05, 0) is 31.2 Å². The molecule has 1 fully saturated rings. The van der Waals surface area contributed by atoms with Crippen LogP contribution in [0.15, 0.2) is 29.0 Å². The molecule has 0 amide bonds. The van der Waals surface area contributed by atoms with Gasteiger partial charge in [0.05, 0.1) is 5.92 Å². The van der Waals surface area contributed by atoms with E-state index in [0.717, 1.165) is 29.6 Å². The molecule has 3 rings (SSSR count). The zero-order valence-electron chi connectivity index (χ0n) is 10.0. The number of carboxylic acid groups (broad SMARTS) is 1. The van der Waals surface area contributed by atoms with E-state index in [0.29, 0.717) is 0 Å². The molecule has 0 radical (unpaired) electrons. The second kappa shape index (κ2) is 4.10. The number of carboxylic acids is 1. The number of carbonyl (C=O) groups is 1. The molecule has 1 N–H and O–H groups in total. The number of benzene rings is 1. The van der Waals surface area contributed by atoms with E-state index < -0.39 is 5.97 Å². The van der Waals surface area contributed by atoms with Crippen LogP contribution < -0.4 is 0 Å². The summed E-state index contributed by atoms with van der Waals surface area (Å²) in [6, 6.07) is 6.04. The van der Waals surface area contributed by atoms with Gasteiger partial charge in [0.2, 0.25) is 0 Å². The van der Waals surface area contributed by atoms with Gasteiger partial charge in [-0.15, -0.1) is 0 Å². The summed E-state index contributed by atoms with van der Waals surface area (Å²) < 4.78 is 5.25. The maximum atomic E-state index is 10.8. The highest BCUT2D eigenvalue weighted by molar-refractivity contribution is 5.74. The van der Waals surface area contributed by atoms with Crippen LogP contribution in [0.3, 0.4) is 0 Å². The SMILES string of the molecule is CN(Cc1ccc2ncoc2c1)C1CC1C(=O)O. The summed E-state index contributed by atoms with van der Waals surface area (Å²) >= 11 is 0. The van der Waals surface area contributed by atoms with Crippen LogP contribution in [-0.4, -0.2) is 34.0 Å². The predicted molar refractivity (Wildman–Crippen MR) is 65.0 cm³/mol. The Labute approximate surface area is 104 Å². The molecule has 1 aromatic heterocycles. The van der Waals surface area contributed by atoms with E-state index in [1.54, 1.807) is 0 Å². The lowest BCUT2D eigenvalue weighted by atomic mass is 10.2. The van der Waals surface area contributed by atoms with Crippen LogP contribution in [0.2, 0.25) is 0 Å². The zero-order chi connectivity index (χ0) is 12.7. The van der Waals surface area contributed by atoms with Crippen LogP contribution in [0.25, 0.3) is 11.1 Å². The van der Waals surface area contributed by atoms with Crippen molar-refractivity contribution < 1.29 is 14.3 Å². The topological polar surface area (TPSA) is 66.6 Å². The van der Waals surface area contributed by atoms with Crippen molar-refractivity contribution in [3.63, 3.8) is 0 Å². The molecule has 0 spiro atoms. The fourth-order valence-corrected chi connectivity index (χ4v) is 2.34. The summed E-state index contributed by atoms with van der Waals surface area (Å²) in [5, 5.41) is 8.90. The van der Waals surface area contributed by atoms with Crippen molar-refractivity contribution >= 4 is 17.1 Å².